The number of thioether (sulfide) groups is 2. The molecule has 5 heteroatoms. The Morgan fingerprint density at radius 2 is 0.957 bits per heavy atom. The predicted molar refractivity (Wildman–Crippen MR) is 204 cm³/mol. The molecule has 0 unspecified atom stereocenters. The van der Waals surface area contributed by atoms with Crippen LogP contribution in [0.15, 0.2) is 143 Å². The van der Waals surface area contributed by atoms with E-state index in [0.717, 1.165) is 24.7 Å². The van der Waals surface area contributed by atoms with Crippen molar-refractivity contribution < 1.29 is 4.74 Å². The van der Waals surface area contributed by atoms with Gasteiger partial charge in [-0.3, -0.25) is 0 Å². The molecule has 0 bridgehead atoms. The molecule has 1 aliphatic rings. The van der Waals surface area contributed by atoms with E-state index in [4.69, 9.17) is 4.74 Å². The Labute approximate surface area is 285 Å². The fraction of sp³-hybridized carbons (Fsp3) is 0.122. The lowest BCUT2D eigenvalue weighted by atomic mass is 9.91. The third-order valence-corrected chi connectivity index (χ3v) is 14.1. The molecule has 0 atom stereocenters. The van der Waals surface area contributed by atoms with Gasteiger partial charge < -0.3 is 4.74 Å². The van der Waals surface area contributed by atoms with Crippen molar-refractivity contribution in [2.24, 2.45) is 5.41 Å². The highest BCUT2D eigenvalue weighted by Crippen LogP contribution is 2.44. The number of thiophene rings is 2. The maximum atomic E-state index is 5.83. The summed E-state index contributed by atoms with van der Waals surface area (Å²) in [5.74, 6) is 2.11. The van der Waals surface area contributed by atoms with E-state index in [9.17, 15) is 0 Å². The summed E-state index contributed by atoms with van der Waals surface area (Å²) >= 11 is 7.74. The summed E-state index contributed by atoms with van der Waals surface area (Å²) < 4.78 is 11.3. The van der Waals surface area contributed by atoms with Gasteiger partial charge in [0.25, 0.3) is 0 Å². The molecule has 1 nitrogen and oxygen atoms in total. The lowest BCUT2D eigenvalue weighted by molar-refractivity contribution is -0.0830. The average molecular weight is 667 g/mol. The van der Waals surface area contributed by atoms with Crippen molar-refractivity contribution in [2.75, 3.05) is 24.7 Å². The minimum atomic E-state index is 0.179. The van der Waals surface area contributed by atoms with Crippen LogP contribution >= 0.6 is 46.2 Å². The van der Waals surface area contributed by atoms with E-state index < -0.39 is 0 Å². The van der Waals surface area contributed by atoms with Gasteiger partial charge in [-0.05, 0) is 58.7 Å². The van der Waals surface area contributed by atoms with Gasteiger partial charge >= 0.3 is 0 Å². The van der Waals surface area contributed by atoms with Gasteiger partial charge in [-0.15, -0.1) is 46.2 Å². The highest BCUT2D eigenvalue weighted by atomic mass is 32.2. The molecule has 1 fully saturated rings. The molecule has 9 rings (SSSR count). The summed E-state index contributed by atoms with van der Waals surface area (Å²) in [5, 5.41) is 5.40. The summed E-state index contributed by atoms with van der Waals surface area (Å²) in [6, 6.07) is 49.2. The normalized spacial score (nSPS) is 14.3. The zero-order chi connectivity index (χ0) is 30.5. The molecule has 0 aliphatic carbocycles. The summed E-state index contributed by atoms with van der Waals surface area (Å²) in [7, 11) is 0. The Morgan fingerprint density at radius 1 is 0.500 bits per heavy atom. The molecule has 0 N–H and O–H groups in total. The van der Waals surface area contributed by atoms with Crippen molar-refractivity contribution in [1.82, 2.24) is 0 Å². The third kappa shape index (κ3) is 5.15. The van der Waals surface area contributed by atoms with Crippen molar-refractivity contribution in [1.29, 1.82) is 0 Å². The van der Waals surface area contributed by atoms with Crippen molar-refractivity contribution in [3.05, 3.63) is 133 Å². The molecule has 1 aliphatic heterocycles. The number of ether oxygens (including phenoxy) is 1. The fourth-order valence-corrected chi connectivity index (χ4v) is 11.4. The first-order valence-electron chi connectivity index (χ1n) is 15.6. The first-order valence-corrected chi connectivity index (χ1v) is 19.2. The second-order valence-corrected chi connectivity index (χ2v) is 16.4. The average Bonchev–Trinajstić information content (AvgIpc) is 3.67. The van der Waals surface area contributed by atoms with Crippen molar-refractivity contribution in [3.8, 4) is 22.3 Å². The van der Waals surface area contributed by atoms with Crippen molar-refractivity contribution in [3.63, 3.8) is 0 Å². The van der Waals surface area contributed by atoms with E-state index in [2.05, 4.69) is 133 Å². The number of rotatable bonds is 8. The molecule has 3 heterocycles. The molecular weight excluding hydrogens is 637 g/mol. The van der Waals surface area contributed by atoms with Gasteiger partial charge in [0, 0.05) is 67.1 Å². The molecule has 0 spiro atoms. The Balaban J connectivity index is 0.929. The summed E-state index contributed by atoms with van der Waals surface area (Å²) in [6.45, 7) is 1.66. The molecule has 6 aromatic carbocycles. The Hall–Kier alpha value is -3.58. The smallest absolute Gasteiger partial charge is 0.0561 e. The van der Waals surface area contributed by atoms with E-state index in [-0.39, 0.29) is 5.41 Å². The Kier molecular flexibility index (Phi) is 7.40. The third-order valence-electron chi connectivity index (χ3n) is 9.01. The predicted octanol–water partition coefficient (Wildman–Crippen LogP) is 12.7. The fourth-order valence-electron chi connectivity index (χ4n) is 6.53. The van der Waals surface area contributed by atoms with Crippen LogP contribution in [0.1, 0.15) is 0 Å². The SMILES string of the molecule is c1cc(SCC2(CSc3cccc(-c4cccc5c4sc4ccccc45)c3)COC2)cc(-c2cccc3c2sc2ccccc23)c1. The molecular formula is C41H30OS4. The highest BCUT2D eigenvalue weighted by Gasteiger charge is 2.38. The lowest BCUT2D eigenvalue weighted by Crippen LogP contribution is -2.46. The zero-order valence-corrected chi connectivity index (χ0v) is 28.3. The van der Waals surface area contributed by atoms with Crippen LogP contribution in [-0.2, 0) is 4.74 Å². The van der Waals surface area contributed by atoms with Crippen LogP contribution in [0.5, 0.6) is 0 Å². The first kappa shape index (κ1) is 28.6. The number of hydrogen-bond donors (Lipinski definition) is 0. The summed E-state index contributed by atoms with van der Waals surface area (Å²) in [6.07, 6.45) is 0. The maximum Gasteiger partial charge on any atom is 0.0561 e. The van der Waals surface area contributed by atoms with Gasteiger partial charge in [0.15, 0.2) is 0 Å². The highest BCUT2D eigenvalue weighted by molar-refractivity contribution is 8.00. The second-order valence-electron chi connectivity index (χ2n) is 12.2. The van der Waals surface area contributed by atoms with Gasteiger partial charge in [0.2, 0.25) is 0 Å². The van der Waals surface area contributed by atoms with Gasteiger partial charge in [-0.2, -0.15) is 0 Å². The lowest BCUT2D eigenvalue weighted by Gasteiger charge is -2.41. The standard InChI is InChI=1S/C41H30OS4/c1-3-19-37-33(13-1)35-17-7-15-31(39(35)45-37)27-9-5-11-29(21-27)43-25-41(23-42-24-41)26-44-30-12-6-10-28(22-30)32-16-8-18-36-34-14-2-4-20-38(34)46-40(32)36/h1-22H,23-26H2. The largest absolute Gasteiger partial charge is 0.380 e. The van der Waals surface area contributed by atoms with E-state index in [1.807, 2.05) is 46.2 Å². The van der Waals surface area contributed by atoms with Gasteiger partial charge in [0.05, 0.1) is 13.2 Å². The van der Waals surface area contributed by atoms with Crippen LogP contribution in [0, 0.1) is 5.41 Å². The minimum absolute atomic E-state index is 0.179. The van der Waals surface area contributed by atoms with Crippen molar-refractivity contribution >= 4 is 86.5 Å². The number of benzene rings is 6. The van der Waals surface area contributed by atoms with Gasteiger partial charge in [0.1, 0.15) is 0 Å². The zero-order valence-electron chi connectivity index (χ0n) is 25.1. The minimum Gasteiger partial charge on any atom is -0.380 e. The van der Waals surface area contributed by atoms with E-state index in [1.165, 1.54) is 72.4 Å². The van der Waals surface area contributed by atoms with Gasteiger partial charge in [-0.25, -0.2) is 0 Å². The molecule has 46 heavy (non-hydrogen) atoms. The number of hydrogen-bond acceptors (Lipinski definition) is 5. The van der Waals surface area contributed by atoms with E-state index in [0.29, 0.717) is 0 Å². The van der Waals surface area contributed by atoms with Crippen LogP contribution in [0.3, 0.4) is 0 Å². The molecule has 8 aromatic rings. The van der Waals surface area contributed by atoms with Crippen LogP contribution in [0.2, 0.25) is 0 Å². The molecule has 1 saturated heterocycles. The van der Waals surface area contributed by atoms with Crippen LogP contribution in [-0.4, -0.2) is 24.7 Å². The van der Waals surface area contributed by atoms with Crippen molar-refractivity contribution in [2.45, 2.75) is 9.79 Å². The maximum absolute atomic E-state index is 5.83. The molecule has 0 amide bonds. The summed E-state index contributed by atoms with van der Waals surface area (Å²) in [5.41, 5.74) is 5.41. The van der Waals surface area contributed by atoms with Gasteiger partial charge in [-0.1, -0.05) is 97.1 Å². The van der Waals surface area contributed by atoms with Crippen LogP contribution in [0.25, 0.3) is 62.6 Å². The summed E-state index contributed by atoms with van der Waals surface area (Å²) in [4.78, 5) is 2.65. The Morgan fingerprint density at radius 3 is 1.43 bits per heavy atom. The van der Waals surface area contributed by atoms with E-state index >= 15 is 0 Å². The molecule has 0 radical (unpaired) electrons. The monoisotopic (exact) mass is 666 g/mol. The second kappa shape index (κ2) is 11.9. The van der Waals surface area contributed by atoms with Crippen LogP contribution in [0.4, 0.5) is 0 Å². The van der Waals surface area contributed by atoms with E-state index in [1.54, 1.807) is 0 Å². The first-order chi connectivity index (χ1) is 22.7. The quantitative estimate of drug-likeness (QED) is 0.149. The molecule has 0 saturated carbocycles. The van der Waals surface area contributed by atoms with Crippen LogP contribution < -0.4 is 0 Å². The number of fused-ring (bicyclic) bond motifs is 6. The Bertz CT molecular complexity index is 2220. The molecule has 224 valence electrons. The topological polar surface area (TPSA) is 9.23 Å². The molecule has 2 aromatic heterocycles.